The van der Waals surface area contributed by atoms with Gasteiger partial charge < -0.3 is 15.3 Å². The fourth-order valence-electron chi connectivity index (χ4n) is 3.13. The molecule has 1 aromatic carbocycles. The van der Waals surface area contributed by atoms with Crippen LogP contribution in [0.2, 0.25) is 0 Å². The zero-order chi connectivity index (χ0) is 14.1. The maximum absolute atomic E-state index is 12.7. The van der Waals surface area contributed by atoms with Crippen LogP contribution in [0, 0.1) is 0 Å². The number of nitrogens with zero attached hydrogens (tertiary/aromatic N) is 1. The van der Waals surface area contributed by atoms with Gasteiger partial charge in [-0.25, -0.2) is 4.79 Å². The molecule has 0 bridgehead atoms. The van der Waals surface area contributed by atoms with E-state index >= 15 is 0 Å². The minimum Gasteiger partial charge on any atom is -0.480 e. The molecule has 0 radical (unpaired) electrons. The zero-order valence-corrected chi connectivity index (χ0v) is 11.3. The summed E-state index contributed by atoms with van der Waals surface area (Å²) < 4.78 is 0. The molecule has 1 atom stereocenters. The highest BCUT2D eigenvalue weighted by atomic mass is 16.4. The standard InChI is InChI=1S/C15H18N2O3/c18-14(17-9-3-7-13(17)15(19)20)11-4-1-6-12-10(11)5-2-8-16-12/h1,4,6,13,16H,2-3,5,7-9H2,(H,19,20)/t13-/m0/s1. The Morgan fingerprint density at radius 3 is 2.95 bits per heavy atom. The normalized spacial score (nSPS) is 21.2. The van der Waals surface area contributed by atoms with Crippen molar-refractivity contribution in [2.45, 2.75) is 31.7 Å². The van der Waals surface area contributed by atoms with Crippen molar-refractivity contribution in [3.8, 4) is 0 Å². The highest BCUT2D eigenvalue weighted by molar-refractivity contribution is 5.99. The number of carboxylic acid groups (broad SMARTS) is 1. The second-order valence-electron chi connectivity index (χ2n) is 5.36. The van der Waals surface area contributed by atoms with Crippen molar-refractivity contribution < 1.29 is 14.7 Å². The van der Waals surface area contributed by atoms with Crippen LogP contribution in [0.15, 0.2) is 18.2 Å². The van der Waals surface area contributed by atoms with E-state index < -0.39 is 12.0 Å². The Bertz CT molecular complexity index is 556. The fourth-order valence-corrected chi connectivity index (χ4v) is 3.13. The maximum Gasteiger partial charge on any atom is 0.326 e. The van der Waals surface area contributed by atoms with E-state index in [4.69, 9.17) is 0 Å². The van der Waals surface area contributed by atoms with E-state index in [9.17, 15) is 14.7 Å². The van der Waals surface area contributed by atoms with Crippen LogP contribution in [0.5, 0.6) is 0 Å². The first-order valence-electron chi connectivity index (χ1n) is 7.08. The summed E-state index contributed by atoms with van der Waals surface area (Å²) in [5.74, 6) is -1.05. The van der Waals surface area contributed by atoms with Crippen LogP contribution in [0.25, 0.3) is 0 Å². The van der Waals surface area contributed by atoms with Gasteiger partial charge in [0, 0.05) is 24.3 Å². The van der Waals surface area contributed by atoms with Crippen LogP contribution in [0.4, 0.5) is 5.69 Å². The number of aliphatic carboxylic acids is 1. The summed E-state index contributed by atoms with van der Waals surface area (Å²) in [4.78, 5) is 25.4. The first-order valence-corrected chi connectivity index (χ1v) is 7.08. The number of hydrogen-bond donors (Lipinski definition) is 2. The van der Waals surface area contributed by atoms with E-state index in [1.54, 1.807) is 0 Å². The van der Waals surface area contributed by atoms with Crippen LogP contribution in [0.1, 0.15) is 35.2 Å². The van der Waals surface area contributed by atoms with Crippen molar-refractivity contribution in [2.24, 2.45) is 0 Å². The summed E-state index contributed by atoms with van der Waals surface area (Å²) in [7, 11) is 0. The van der Waals surface area contributed by atoms with E-state index in [1.807, 2.05) is 18.2 Å². The molecule has 5 heteroatoms. The van der Waals surface area contributed by atoms with Crippen molar-refractivity contribution in [1.82, 2.24) is 4.90 Å². The Hall–Kier alpha value is -2.04. The largest absolute Gasteiger partial charge is 0.480 e. The molecule has 1 fully saturated rings. The van der Waals surface area contributed by atoms with Gasteiger partial charge in [0.1, 0.15) is 6.04 Å². The molecule has 0 unspecified atom stereocenters. The number of nitrogens with one attached hydrogen (secondary N) is 1. The van der Waals surface area contributed by atoms with Gasteiger partial charge in [-0.2, -0.15) is 0 Å². The van der Waals surface area contributed by atoms with E-state index in [1.165, 1.54) is 4.90 Å². The second-order valence-corrected chi connectivity index (χ2v) is 5.36. The first-order chi connectivity index (χ1) is 9.68. The lowest BCUT2D eigenvalue weighted by molar-refractivity contribution is -0.141. The summed E-state index contributed by atoms with van der Waals surface area (Å²) in [6.45, 7) is 1.46. The van der Waals surface area contributed by atoms with Gasteiger partial charge in [0.2, 0.25) is 0 Å². The number of carbonyl (C=O) groups is 2. The summed E-state index contributed by atoms with van der Waals surface area (Å²) in [6, 6.07) is 4.97. The van der Waals surface area contributed by atoms with Gasteiger partial charge in [-0.05, 0) is 43.4 Å². The van der Waals surface area contributed by atoms with E-state index in [0.717, 1.165) is 37.1 Å². The predicted molar refractivity (Wildman–Crippen MR) is 74.9 cm³/mol. The molecule has 2 aliphatic heterocycles. The molecule has 0 saturated carbocycles. The Balaban J connectivity index is 1.93. The highest BCUT2D eigenvalue weighted by Gasteiger charge is 2.35. The number of rotatable bonds is 2. The van der Waals surface area contributed by atoms with Gasteiger partial charge in [0.25, 0.3) is 5.91 Å². The fraction of sp³-hybridized carbons (Fsp3) is 0.467. The number of carbonyl (C=O) groups excluding carboxylic acids is 1. The molecule has 1 aromatic rings. The summed E-state index contributed by atoms with van der Waals surface area (Å²) in [6.07, 6.45) is 3.18. The Morgan fingerprint density at radius 2 is 2.15 bits per heavy atom. The molecular formula is C15H18N2O3. The second kappa shape index (κ2) is 5.15. The molecule has 0 spiro atoms. The Morgan fingerprint density at radius 1 is 1.30 bits per heavy atom. The Kier molecular flexibility index (Phi) is 3.34. The van der Waals surface area contributed by atoms with Crippen LogP contribution in [-0.4, -0.2) is 41.0 Å². The van der Waals surface area contributed by atoms with Crippen LogP contribution in [0.3, 0.4) is 0 Å². The average Bonchev–Trinajstić information content (AvgIpc) is 2.95. The monoisotopic (exact) mass is 274 g/mol. The van der Waals surface area contributed by atoms with Gasteiger partial charge in [0.05, 0.1) is 0 Å². The quantitative estimate of drug-likeness (QED) is 0.861. The molecule has 0 aliphatic carbocycles. The molecule has 0 aromatic heterocycles. The lowest BCUT2D eigenvalue weighted by Gasteiger charge is -2.25. The van der Waals surface area contributed by atoms with Gasteiger partial charge in [-0.15, -0.1) is 0 Å². The molecule has 1 saturated heterocycles. The van der Waals surface area contributed by atoms with Crippen LogP contribution < -0.4 is 5.32 Å². The van der Waals surface area contributed by atoms with Crippen molar-refractivity contribution >= 4 is 17.6 Å². The van der Waals surface area contributed by atoms with Crippen LogP contribution >= 0.6 is 0 Å². The van der Waals surface area contributed by atoms with Crippen molar-refractivity contribution in [2.75, 3.05) is 18.4 Å². The summed E-state index contributed by atoms with van der Waals surface area (Å²) >= 11 is 0. The molecule has 106 valence electrons. The van der Waals surface area contributed by atoms with Crippen molar-refractivity contribution in [3.63, 3.8) is 0 Å². The molecular weight excluding hydrogens is 256 g/mol. The lowest BCUT2D eigenvalue weighted by Crippen LogP contribution is -2.41. The van der Waals surface area contributed by atoms with E-state index in [0.29, 0.717) is 18.5 Å². The van der Waals surface area contributed by atoms with Gasteiger partial charge in [0.15, 0.2) is 0 Å². The number of carboxylic acids is 1. The molecule has 2 N–H and O–H groups in total. The van der Waals surface area contributed by atoms with Gasteiger partial charge in [-0.1, -0.05) is 6.07 Å². The van der Waals surface area contributed by atoms with Gasteiger partial charge >= 0.3 is 5.97 Å². The summed E-state index contributed by atoms with van der Waals surface area (Å²) in [5, 5.41) is 12.5. The highest BCUT2D eigenvalue weighted by Crippen LogP contribution is 2.28. The third kappa shape index (κ3) is 2.13. The van der Waals surface area contributed by atoms with E-state index in [2.05, 4.69) is 5.32 Å². The smallest absolute Gasteiger partial charge is 0.326 e. The minimum atomic E-state index is -0.904. The number of amides is 1. The predicted octanol–water partition coefficient (Wildman–Crippen LogP) is 1.73. The molecule has 2 heterocycles. The summed E-state index contributed by atoms with van der Waals surface area (Å²) in [5.41, 5.74) is 2.69. The van der Waals surface area contributed by atoms with Crippen molar-refractivity contribution in [1.29, 1.82) is 0 Å². The SMILES string of the molecule is O=C(O)[C@@H]1CCCN1C(=O)c1cccc2c1CCCN2. The number of fused-ring (bicyclic) bond motifs is 1. The molecule has 3 rings (SSSR count). The maximum atomic E-state index is 12.7. The number of benzene rings is 1. The number of likely N-dealkylation sites (tertiary alicyclic amines) is 1. The molecule has 5 nitrogen and oxygen atoms in total. The molecule has 1 amide bonds. The number of anilines is 1. The van der Waals surface area contributed by atoms with Gasteiger partial charge in [-0.3, -0.25) is 4.79 Å². The molecule has 2 aliphatic rings. The third-order valence-electron chi connectivity index (χ3n) is 4.12. The topological polar surface area (TPSA) is 69.6 Å². The lowest BCUT2D eigenvalue weighted by atomic mass is 9.96. The Labute approximate surface area is 117 Å². The van der Waals surface area contributed by atoms with Crippen LogP contribution in [-0.2, 0) is 11.2 Å². The zero-order valence-electron chi connectivity index (χ0n) is 11.3. The molecule has 20 heavy (non-hydrogen) atoms. The third-order valence-corrected chi connectivity index (χ3v) is 4.12. The number of hydrogen-bond acceptors (Lipinski definition) is 3. The minimum absolute atomic E-state index is 0.143. The average molecular weight is 274 g/mol. The van der Waals surface area contributed by atoms with Crippen molar-refractivity contribution in [3.05, 3.63) is 29.3 Å². The van der Waals surface area contributed by atoms with E-state index in [-0.39, 0.29) is 5.91 Å². The first kappa shape index (κ1) is 13.0.